The third-order valence-corrected chi connectivity index (χ3v) is 1.94. The highest BCUT2D eigenvalue weighted by Gasteiger charge is 2.12. The van der Waals surface area contributed by atoms with E-state index in [-0.39, 0.29) is 12.4 Å². The lowest BCUT2D eigenvalue weighted by atomic mass is 10.3. The van der Waals surface area contributed by atoms with Gasteiger partial charge in [0.25, 0.3) is 0 Å². The van der Waals surface area contributed by atoms with Crippen molar-refractivity contribution in [2.24, 2.45) is 0 Å². The number of unbranched alkanes of at least 4 members (excludes halogenated alkanes) is 1. The normalized spacial score (nSPS) is 15.2. The zero-order valence-corrected chi connectivity index (χ0v) is 8.74. The van der Waals surface area contributed by atoms with Gasteiger partial charge in [-0.2, -0.15) is 0 Å². The Labute approximate surface area is 89.5 Å². The van der Waals surface area contributed by atoms with Crippen molar-refractivity contribution in [2.75, 3.05) is 19.8 Å². The minimum Gasteiger partial charge on any atom is -0.502 e. The van der Waals surface area contributed by atoms with Gasteiger partial charge in [0.1, 0.15) is 18.8 Å². The fourth-order valence-corrected chi connectivity index (χ4v) is 1.18. The largest absolute Gasteiger partial charge is 0.502 e. The van der Waals surface area contributed by atoms with Crippen LogP contribution in [0, 0.1) is 0 Å². The summed E-state index contributed by atoms with van der Waals surface area (Å²) in [7, 11) is 0. The molecule has 4 heteroatoms. The van der Waals surface area contributed by atoms with Gasteiger partial charge in [0.15, 0.2) is 0 Å². The Balaban J connectivity index is 2.02. The van der Waals surface area contributed by atoms with Crippen LogP contribution in [0.3, 0.4) is 0 Å². The molecule has 1 aliphatic rings. The number of carbonyl (C=O) groups is 1. The van der Waals surface area contributed by atoms with Crippen LogP contribution in [0.5, 0.6) is 0 Å². The molecular formula is C11H16O4. The first-order valence-corrected chi connectivity index (χ1v) is 5.03. The summed E-state index contributed by atoms with van der Waals surface area (Å²) in [6.07, 6.45) is 5.30. The predicted octanol–water partition coefficient (Wildman–Crippen LogP) is 1.77. The van der Waals surface area contributed by atoms with Crippen molar-refractivity contribution < 1.29 is 19.0 Å². The maximum Gasteiger partial charge on any atom is 0.313 e. The van der Waals surface area contributed by atoms with Crippen LogP contribution in [-0.4, -0.2) is 25.8 Å². The van der Waals surface area contributed by atoms with E-state index in [0.717, 1.165) is 18.6 Å². The fourth-order valence-electron chi connectivity index (χ4n) is 1.18. The molecule has 84 valence electrons. The van der Waals surface area contributed by atoms with Gasteiger partial charge >= 0.3 is 5.97 Å². The molecule has 1 aliphatic heterocycles. The van der Waals surface area contributed by atoms with Crippen LogP contribution in [0.25, 0.3) is 0 Å². The molecule has 1 rings (SSSR count). The van der Waals surface area contributed by atoms with E-state index in [1.165, 1.54) is 6.26 Å². The molecule has 0 aromatic rings. The third kappa shape index (κ3) is 5.10. The molecule has 0 amide bonds. The van der Waals surface area contributed by atoms with Crippen molar-refractivity contribution in [3.8, 4) is 0 Å². The highest BCUT2D eigenvalue weighted by Crippen LogP contribution is 2.10. The quantitative estimate of drug-likeness (QED) is 0.366. The molecule has 0 radical (unpaired) electrons. The number of ether oxygens (including phenoxy) is 3. The molecule has 0 aromatic carbocycles. The molecule has 0 unspecified atom stereocenters. The summed E-state index contributed by atoms with van der Waals surface area (Å²) in [6.45, 7) is 5.04. The van der Waals surface area contributed by atoms with Gasteiger partial charge in [0, 0.05) is 0 Å². The Kier molecular flexibility index (Phi) is 5.37. The topological polar surface area (TPSA) is 44.8 Å². The van der Waals surface area contributed by atoms with Gasteiger partial charge in [-0.3, -0.25) is 4.79 Å². The summed E-state index contributed by atoms with van der Waals surface area (Å²) < 4.78 is 15.1. The van der Waals surface area contributed by atoms with Crippen molar-refractivity contribution >= 4 is 5.97 Å². The number of cyclic esters (lactones) is 1. The van der Waals surface area contributed by atoms with E-state index in [9.17, 15) is 4.79 Å². The number of hydrogen-bond acceptors (Lipinski definition) is 4. The lowest BCUT2D eigenvalue weighted by molar-refractivity contribution is -0.143. The molecule has 4 nitrogen and oxygen atoms in total. The molecular weight excluding hydrogens is 196 g/mol. The minimum atomic E-state index is -0.220. The van der Waals surface area contributed by atoms with Crippen molar-refractivity contribution in [3.63, 3.8) is 0 Å². The third-order valence-electron chi connectivity index (χ3n) is 1.94. The zero-order chi connectivity index (χ0) is 10.9. The maximum atomic E-state index is 10.9. The average molecular weight is 212 g/mol. The van der Waals surface area contributed by atoms with Crippen LogP contribution < -0.4 is 0 Å². The van der Waals surface area contributed by atoms with Crippen molar-refractivity contribution in [3.05, 3.63) is 24.7 Å². The molecule has 0 aromatic heterocycles. The summed E-state index contributed by atoms with van der Waals surface area (Å²) in [6, 6.07) is 0. The molecule has 0 atom stereocenters. The lowest BCUT2D eigenvalue weighted by Crippen LogP contribution is -2.13. The second kappa shape index (κ2) is 6.92. The predicted molar refractivity (Wildman–Crippen MR) is 55.0 cm³/mol. The van der Waals surface area contributed by atoms with Crippen LogP contribution >= 0.6 is 0 Å². The standard InChI is InChI=1S/C11H16O4/c1-2-13-6-3-4-7-14-10-5-8-15-11(12)9-10/h2,5H,1,3-4,6-9H2. The van der Waals surface area contributed by atoms with Crippen molar-refractivity contribution in [1.82, 2.24) is 0 Å². The highest BCUT2D eigenvalue weighted by atomic mass is 16.5. The molecule has 0 saturated heterocycles. The van der Waals surface area contributed by atoms with Crippen molar-refractivity contribution in [1.29, 1.82) is 0 Å². The van der Waals surface area contributed by atoms with Gasteiger partial charge in [0.05, 0.1) is 19.5 Å². The molecule has 15 heavy (non-hydrogen) atoms. The molecule has 0 bridgehead atoms. The Morgan fingerprint density at radius 2 is 2.27 bits per heavy atom. The van der Waals surface area contributed by atoms with Gasteiger partial charge in [-0.05, 0) is 18.9 Å². The monoisotopic (exact) mass is 212 g/mol. The first-order chi connectivity index (χ1) is 7.33. The second-order valence-corrected chi connectivity index (χ2v) is 3.12. The molecule has 0 aliphatic carbocycles. The summed E-state index contributed by atoms with van der Waals surface area (Å²) in [5, 5.41) is 0. The van der Waals surface area contributed by atoms with Crippen LogP contribution in [-0.2, 0) is 19.0 Å². The van der Waals surface area contributed by atoms with E-state index in [1.807, 2.05) is 0 Å². The lowest BCUT2D eigenvalue weighted by Gasteiger charge is -2.14. The van der Waals surface area contributed by atoms with E-state index in [4.69, 9.17) is 14.2 Å². The molecule has 1 heterocycles. The smallest absolute Gasteiger partial charge is 0.313 e. The number of carbonyl (C=O) groups excluding carboxylic acids is 1. The van der Waals surface area contributed by atoms with Gasteiger partial charge in [-0.15, -0.1) is 0 Å². The van der Waals surface area contributed by atoms with Gasteiger partial charge in [0.2, 0.25) is 0 Å². The first kappa shape index (κ1) is 11.6. The molecule has 0 saturated carbocycles. The van der Waals surface area contributed by atoms with E-state index >= 15 is 0 Å². The average Bonchev–Trinajstić information content (AvgIpc) is 2.23. The van der Waals surface area contributed by atoms with E-state index in [0.29, 0.717) is 19.8 Å². The SMILES string of the molecule is C=COCCCCOC1=CCOC(=O)C1. The minimum absolute atomic E-state index is 0.220. The highest BCUT2D eigenvalue weighted by molar-refractivity contribution is 5.73. The summed E-state index contributed by atoms with van der Waals surface area (Å²) >= 11 is 0. The summed E-state index contributed by atoms with van der Waals surface area (Å²) in [5.74, 6) is 0.498. The number of rotatable bonds is 7. The maximum absolute atomic E-state index is 10.9. The Morgan fingerprint density at radius 3 is 3.00 bits per heavy atom. The summed E-state index contributed by atoms with van der Waals surface area (Å²) in [5.41, 5.74) is 0. The van der Waals surface area contributed by atoms with Gasteiger partial charge in [-0.1, -0.05) is 6.58 Å². The molecule has 0 fully saturated rings. The molecule has 0 N–H and O–H groups in total. The van der Waals surface area contributed by atoms with Gasteiger partial charge < -0.3 is 14.2 Å². The second-order valence-electron chi connectivity index (χ2n) is 3.12. The van der Waals surface area contributed by atoms with Crippen LogP contribution in [0.1, 0.15) is 19.3 Å². The Morgan fingerprint density at radius 1 is 1.47 bits per heavy atom. The van der Waals surface area contributed by atoms with Crippen LogP contribution in [0.15, 0.2) is 24.7 Å². The Bertz CT molecular complexity index is 245. The van der Waals surface area contributed by atoms with Gasteiger partial charge in [-0.25, -0.2) is 0 Å². The van der Waals surface area contributed by atoms with Crippen LogP contribution in [0.2, 0.25) is 0 Å². The van der Waals surface area contributed by atoms with Crippen LogP contribution in [0.4, 0.5) is 0 Å². The summed E-state index contributed by atoms with van der Waals surface area (Å²) in [4.78, 5) is 10.9. The first-order valence-electron chi connectivity index (χ1n) is 5.03. The zero-order valence-electron chi connectivity index (χ0n) is 8.74. The fraction of sp³-hybridized carbons (Fsp3) is 0.545. The van der Waals surface area contributed by atoms with E-state index < -0.39 is 0 Å². The van der Waals surface area contributed by atoms with E-state index in [1.54, 1.807) is 6.08 Å². The van der Waals surface area contributed by atoms with Crippen molar-refractivity contribution in [2.45, 2.75) is 19.3 Å². The number of esters is 1. The Hall–Kier alpha value is -1.45. The number of hydrogen-bond donors (Lipinski definition) is 0. The van der Waals surface area contributed by atoms with E-state index in [2.05, 4.69) is 6.58 Å². The molecule has 0 spiro atoms.